The molecule has 4 aliphatic rings. The number of methoxy groups -OCH3 is 2. The van der Waals surface area contributed by atoms with Gasteiger partial charge in [-0.2, -0.15) is 0 Å². The van der Waals surface area contributed by atoms with Gasteiger partial charge >= 0.3 is 0 Å². The molecule has 184 valence electrons. The minimum atomic E-state index is -0.587. The molecule has 0 spiro atoms. The van der Waals surface area contributed by atoms with Gasteiger partial charge in [-0.25, -0.2) is 4.98 Å². The standard InChI is InChI=1S/C25H27N3O7/c1-31-17-10-14-15(11-18(17)32-2)25(30)28(5-3-4-27-6-8-33-9-7-27)22-20(14)23(29)16-12-19-24(26-21(16)22)35-13-34-19/h10-12,20,22H,3-9,13H2,1-2H3. The van der Waals surface area contributed by atoms with Gasteiger partial charge in [-0.3, -0.25) is 14.5 Å². The number of ether oxygens (including phenoxy) is 5. The second kappa shape index (κ2) is 8.69. The summed E-state index contributed by atoms with van der Waals surface area (Å²) in [5.41, 5.74) is 2.12. The van der Waals surface area contributed by atoms with Crippen LogP contribution in [0.3, 0.4) is 0 Å². The summed E-state index contributed by atoms with van der Waals surface area (Å²) in [6, 6.07) is 4.61. The molecule has 2 unspecified atom stereocenters. The third-order valence-corrected chi connectivity index (χ3v) is 7.23. The molecule has 1 saturated heterocycles. The lowest BCUT2D eigenvalue weighted by Gasteiger charge is -2.38. The summed E-state index contributed by atoms with van der Waals surface area (Å²) in [4.78, 5) is 36.4. The Balaban J connectivity index is 1.41. The van der Waals surface area contributed by atoms with Gasteiger partial charge in [0.2, 0.25) is 6.79 Å². The number of carbonyl (C=O) groups excluding carboxylic acids is 2. The van der Waals surface area contributed by atoms with E-state index in [9.17, 15) is 9.59 Å². The molecule has 1 aromatic heterocycles. The Morgan fingerprint density at radius 2 is 1.77 bits per heavy atom. The highest BCUT2D eigenvalue weighted by Crippen LogP contribution is 2.53. The van der Waals surface area contributed by atoms with Crippen molar-refractivity contribution in [1.29, 1.82) is 0 Å². The lowest BCUT2D eigenvalue weighted by atomic mass is 9.83. The topological polar surface area (TPSA) is 99.7 Å². The summed E-state index contributed by atoms with van der Waals surface area (Å²) in [6.07, 6.45) is 0.770. The normalized spacial score (nSPS) is 22.6. The van der Waals surface area contributed by atoms with Gasteiger partial charge in [-0.05, 0) is 30.2 Å². The first-order valence-electron chi connectivity index (χ1n) is 11.8. The van der Waals surface area contributed by atoms with Crippen LogP contribution in [0.4, 0.5) is 0 Å². The average molecular weight is 482 g/mol. The van der Waals surface area contributed by atoms with E-state index in [0.29, 0.717) is 52.1 Å². The Hall–Kier alpha value is -3.37. The van der Waals surface area contributed by atoms with Crippen molar-refractivity contribution in [2.75, 3.05) is 60.4 Å². The van der Waals surface area contributed by atoms with E-state index in [-0.39, 0.29) is 18.5 Å². The number of benzene rings is 1. The van der Waals surface area contributed by atoms with Crippen LogP contribution in [0.25, 0.3) is 0 Å². The molecule has 0 bridgehead atoms. The zero-order valence-corrected chi connectivity index (χ0v) is 19.7. The molecule has 0 saturated carbocycles. The van der Waals surface area contributed by atoms with Crippen LogP contribution >= 0.6 is 0 Å². The average Bonchev–Trinajstić information content (AvgIpc) is 3.46. The van der Waals surface area contributed by atoms with Crippen LogP contribution in [-0.2, 0) is 4.74 Å². The quantitative estimate of drug-likeness (QED) is 0.614. The van der Waals surface area contributed by atoms with E-state index in [1.807, 2.05) is 0 Å². The minimum Gasteiger partial charge on any atom is -0.493 e. The summed E-state index contributed by atoms with van der Waals surface area (Å²) in [5.74, 6) is 0.914. The van der Waals surface area contributed by atoms with Gasteiger partial charge in [0, 0.05) is 37.3 Å². The summed E-state index contributed by atoms with van der Waals surface area (Å²) in [5, 5.41) is 0. The molecule has 1 fully saturated rings. The number of hydrogen-bond donors (Lipinski definition) is 0. The van der Waals surface area contributed by atoms with Crippen molar-refractivity contribution < 1.29 is 33.3 Å². The van der Waals surface area contributed by atoms with E-state index in [1.54, 1.807) is 23.1 Å². The van der Waals surface area contributed by atoms with E-state index in [2.05, 4.69) is 9.88 Å². The molecule has 0 N–H and O–H groups in total. The molecule has 1 amide bonds. The third-order valence-electron chi connectivity index (χ3n) is 7.23. The van der Waals surface area contributed by atoms with E-state index >= 15 is 0 Å². The number of ketones is 1. The molecule has 3 aliphatic heterocycles. The second-order valence-electron chi connectivity index (χ2n) is 9.02. The maximum atomic E-state index is 13.9. The Morgan fingerprint density at radius 1 is 1.00 bits per heavy atom. The largest absolute Gasteiger partial charge is 0.493 e. The first-order chi connectivity index (χ1) is 17.1. The zero-order valence-electron chi connectivity index (χ0n) is 19.7. The molecule has 1 aliphatic carbocycles. The SMILES string of the molecule is COc1cc2c(cc1OC)C1C(=O)c3cc4c(nc3C1N(CCCN1CCOCC1)C2=O)OCO4. The van der Waals surface area contributed by atoms with Gasteiger partial charge in [0.05, 0.1) is 45.1 Å². The summed E-state index contributed by atoms with van der Waals surface area (Å²) in [6.45, 7) is 4.61. The second-order valence-corrected chi connectivity index (χ2v) is 9.02. The van der Waals surface area contributed by atoms with Gasteiger partial charge < -0.3 is 28.6 Å². The summed E-state index contributed by atoms with van der Waals surface area (Å²) in [7, 11) is 3.07. The number of rotatable bonds is 6. The van der Waals surface area contributed by atoms with Crippen molar-refractivity contribution in [3.8, 4) is 23.1 Å². The predicted octanol–water partition coefficient (Wildman–Crippen LogP) is 2.03. The van der Waals surface area contributed by atoms with Crippen molar-refractivity contribution in [1.82, 2.24) is 14.8 Å². The molecule has 4 heterocycles. The predicted molar refractivity (Wildman–Crippen MR) is 123 cm³/mol. The van der Waals surface area contributed by atoms with Crippen LogP contribution in [0.1, 0.15) is 50.4 Å². The zero-order chi connectivity index (χ0) is 24.1. The van der Waals surface area contributed by atoms with Crippen LogP contribution in [0.2, 0.25) is 0 Å². The number of Topliss-reactive ketones (excluding diaryl/α,β-unsaturated/α-hetero) is 1. The van der Waals surface area contributed by atoms with Gasteiger partial charge in [0.15, 0.2) is 23.0 Å². The molecule has 10 nitrogen and oxygen atoms in total. The molecular formula is C25H27N3O7. The number of aromatic nitrogens is 1. The lowest BCUT2D eigenvalue weighted by molar-refractivity contribution is 0.0338. The number of fused-ring (bicyclic) bond motifs is 6. The van der Waals surface area contributed by atoms with Crippen molar-refractivity contribution in [2.24, 2.45) is 0 Å². The number of amides is 1. The Morgan fingerprint density at radius 3 is 2.54 bits per heavy atom. The van der Waals surface area contributed by atoms with Gasteiger partial charge in [-0.15, -0.1) is 0 Å². The van der Waals surface area contributed by atoms with Crippen molar-refractivity contribution in [2.45, 2.75) is 18.4 Å². The molecular weight excluding hydrogens is 454 g/mol. The molecule has 2 aromatic rings. The summed E-state index contributed by atoms with van der Waals surface area (Å²) < 4.78 is 27.4. The first-order valence-corrected chi connectivity index (χ1v) is 11.8. The number of morpholine rings is 1. The Bertz CT molecular complexity index is 1190. The number of carbonyl (C=O) groups is 2. The van der Waals surface area contributed by atoms with E-state index in [1.165, 1.54) is 14.2 Å². The van der Waals surface area contributed by atoms with Crippen molar-refractivity contribution >= 4 is 11.7 Å². The highest BCUT2D eigenvalue weighted by molar-refractivity contribution is 6.11. The van der Waals surface area contributed by atoms with Gasteiger partial charge in [-0.1, -0.05) is 0 Å². The fraction of sp³-hybridized carbons (Fsp3) is 0.480. The monoisotopic (exact) mass is 481 g/mol. The third kappa shape index (κ3) is 3.51. The molecule has 6 rings (SSSR count). The molecule has 1 aromatic carbocycles. The molecule has 10 heteroatoms. The minimum absolute atomic E-state index is 0.0650. The Kier molecular flexibility index (Phi) is 5.49. The lowest BCUT2D eigenvalue weighted by Crippen LogP contribution is -2.44. The van der Waals surface area contributed by atoms with E-state index < -0.39 is 12.0 Å². The van der Waals surface area contributed by atoms with E-state index in [0.717, 1.165) is 39.3 Å². The van der Waals surface area contributed by atoms with Gasteiger partial charge in [0.1, 0.15) is 0 Å². The summed E-state index contributed by atoms with van der Waals surface area (Å²) >= 11 is 0. The number of nitrogens with zero attached hydrogens (tertiary/aromatic N) is 3. The van der Waals surface area contributed by atoms with Crippen LogP contribution in [0.15, 0.2) is 18.2 Å². The fourth-order valence-electron chi connectivity index (χ4n) is 5.53. The van der Waals surface area contributed by atoms with Crippen molar-refractivity contribution in [3.63, 3.8) is 0 Å². The van der Waals surface area contributed by atoms with Crippen LogP contribution in [-0.4, -0.2) is 86.9 Å². The molecule has 35 heavy (non-hydrogen) atoms. The van der Waals surface area contributed by atoms with Crippen LogP contribution in [0, 0.1) is 0 Å². The number of pyridine rings is 1. The van der Waals surface area contributed by atoms with Crippen LogP contribution < -0.4 is 18.9 Å². The highest BCUT2D eigenvalue weighted by Gasteiger charge is 2.52. The van der Waals surface area contributed by atoms with Crippen molar-refractivity contribution in [3.05, 3.63) is 40.6 Å². The number of hydrogen-bond acceptors (Lipinski definition) is 9. The first kappa shape index (κ1) is 22.1. The maximum Gasteiger partial charge on any atom is 0.260 e. The maximum absolute atomic E-state index is 13.9. The van der Waals surface area contributed by atoms with E-state index in [4.69, 9.17) is 23.7 Å². The highest BCUT2D eigenvalue weighted by atomic mass is 16.7. The molecule has 2 atom stereocenters. The van der Waals surface area contributed by atoms with Crippen LogP contribution in [0.5, 0.6) is 23.1 Å². The fourth-order valence-corrected chi connectivity index (χ4v) is 5.53. The smallest absolute Gasteiger partial charge is 0.260 e. The van der Waals surface area contributed by atoms with Gasteiger partial charge in [0.25, 0.3) is 11.8 Å². The molecule has 0 radical (unpaired) electrons. The Labute approximate surface area is 202 Å².